The molecule has 4 rings (SSSR count). The molecule has 0 atom stereocenters. The molecule has 4 aromatic rings. The molecule has 2 aromatic carbocycles. The van der Waals surface area contributed by atoms with Crippen LogP contribution in [-0.2, 0) is 9.53 Å². The van der Waals surface area contributed by atoms with Gasteiger partial charge in [-0.3, -0.25) is 4.79 Å². The summed E-state index contributed by atoms with van der Waals surface area (Å²) in [5.74, 6) is -0.367. The van der Waals surface area contributed by atoms with E-state index in [1.54, 1.807) is 41.9 Å². The van der Waals surface area contributed by atoms with Gasteiger partial charge in [0.1, 0.15) is 11.3 Å². The number of hydrogen-bond donors (Lipinski definition) is 1. The standard InChI is InChI=1S/C23H20N4O4/c1-2-30-21(28)15-31-18-10-6-9-17(13-18)26-23(29)19-14-25-27-20(11-12-24-22(19)27)16-7-4-3-5-8-16/h3-14H,2,15H2,1H3,(H,26,29). The van der Waals surface area contributed by atoms with Crippen LogP contribution in [0.1, 0.15) is 17.3 Å². The highest BCUT2D eigenvalue weighted by Crippen LogP contribution is 2.22. The summed E-state index contributed by atoms with van der Waals surface area (Å²) in [4.78, 5) is 28.7. The number of aromatic nitrogens is 3. The highest BCUT2D eigenvalue weighted by atomic mass is 16.6. The fourth-order valence-electron chi connectivity index (χ4n) is 3.09. The summed E-state index contributed by atoms with van der Waals surface area (Å²) in [5.41, 5.74) is 3.12. The molecule has 0 spiro atoms. The minimum Gasteiger partial charge on any atom is -0.482 e. The number of nitrogens with zero attached hydrogens (tertiary/aromatic N) is 3. The zero-order valence-electron chi connectivity index (χ0n) is 16.8. The van der Waals surface area contributed by atoms with E-state index in [4.69, 9.17) is 9.47 Å². The molecular formula is C23H20N4O4. The second-order valence-corrected chi connectivity index (χ2v) is 6.57. The first kappa shape index (κ1) is 20.1. The third-order valence-corrected chi connectivity index (χ3v) is 4.47. The van der Waals surface area contributed by atoms with Crippen molar-refractivity contribution in [1.29, 1.82) is 0 Å². The van der Waals surface area contributed by atoms with E-state index in [9.17, 15) is 9.59 Å². The van der Waals surface area contributed by atoms with Gasteiger partial charge in [0.15, 0.2) is 12.3 Å². The smallest absolute Gasteiger partial charge is 0.344 e. The summed E-state index contributed by atoms with van der Waals surface area (Å²) in [6, 6.07) is 18.4. The van der Waals surface area contributed by atoms with Crippen LogP contribution >= 0.6 is 0 Å². The van der Waals surface area contributed by atoms with Gasteiger partial charge in [-0.05, 0) is 25.1 Å². The first-order chi connectivity index (χ1) is 15.2. The molecule has 8 nitrogen and oxygen atoms in total. The Kier molecular flexibility index (Phi) is 5.89. The number of hydrogen-bond acceptors (Lipinski definition) is 6. The van der Waals surface area contributed by atoms with Crippen molar-refractivity contribution in [3.63, 3.8) is 0 Å². The van der Waals surface area contributed by atoms with E-state index in [-0.39, 0.29) is 19.1 Å². The van der Waals surface area contributed by atoms with E-state index in [1.807, 2.05) is 36.4 Å². The van der Waals surface area contributed by atoms with Crippen molar-refractivity contribution < 1.29 is 19.1 Å². The van der Waals surface area contributed by atoms with Gasteiger partial charge in [-0.2, -0.15) is 5.10 Å². The molecule has 0 aliphatic heterocycles. The van der Waals surface area contributed by atoms with Crippen molar-refractivity contribution in [3.05, 3.63) is 78.6 Å². The normalized spacial score (nSPS) is 10.6. The van der Waals surface area contributed by atoms with Crippen LogP contribution in [0, 0.1) is 0 Å². The van der Waals surface area contributed by atoms with Crippen LogP contribution in [0.5, 0.6) is 5.75 Å². The Balaban J connectivity index is 1.53. The van der Waals surface area contributed by atoms with E-state index in [0.717, 1.165) is 11.3 Å². The first-order valence-corrected chi connectivity index (χ1v) is 9.73. The Morgan fingerprint density at radius 1 is 1.06 bits per heavy atom. The van der Waals surface area contributed by atoms with Crippen molar-refractivity contribution in [2.75, 3.05) is 18.5 Å². The third-order valence-electron chi connectivity index (χ3n) is 4.47. The quantitative estimate of drug-likeness (QED) is 0.463. The summed E-state index contributed by atoms with van der Waals surface area (Å²) in [7, 11) is 0. The Morgan fingerprint density at radius 2 is 1.90 bits per heavy atom. The van der Waals surface area contributed by atoms with Crippen LogP contribution in [0.25, 0.3) is 16.9 Å². The zero-order valence-corrected chi connectivity index (χ0v) is 16.8. The second kappa shape index (κ2) is 9.08. The molecule has 0 aliphatic carbocycles. The molecule has 0 saturated heterocycles. The number of esters is 1. The molecule has 0 aliphatic rings. The number of rotatable bonds is 7. The molecule has 8 heteroatoms. The predicted molar refractivity (Wildman–Crippen MR) is 115 cm³/mol. The highest BCUT2D eigenvalue weighted by Gasteiger charge is 2.16. The maximum Gasteiger partial charge on any atom is 0.344 e. The van der Waals surface area contributed by atoms with E-state index in [2.05, 4.69) is 15.4 Å². The number of amides is 1. The molecule has 1 amide bonds. The molecular weight excluding hydrogens is 396 g/mol. The topological polar surface area (TPSA) is 94.8 Å². The number of carbonyl (C=O) groups is 2. The predicted octanol–water partition coefficient (Wildman–Crippen LogP) is 3.59. The third kappa shape index (κ3) is 4.53. The van der Waals surface area contributed by atoms with Crippen molar-refractivity contribution >= 4 is 23.2 Å². The summed E-state index contributed by atoms with van der Waals surface area (Å²) >= 11 is 0. The average molecular weight is 416 g/mol. The van der Waals surface area contributed by atoms with Crippen LogP contribution in [0.3, 0.4) is 0 Å². The molecule has 2 aromatic heterocycles. The van der Waals surface area contributed by atoms with Gasteiger partial charge in [-0.1, -0.05) is 36.4 Å². The fourth-order valence-corrected chi connectivity index (χ4v) is 3.09. The van der Waals surface area contributed by atoms with Crippen molar-refractivity contribution in [1.82, 2.24) is 14.6 Å². The van der Waals surface area contributed by atoms with Gasteiger partial charge in [0.05, 0.1) is 18.5 Å². The van der Waals surface area contributed by atoms with Gasteiger partial charge in [0.25, 0.3) is 5.91 Å². The van der Waals surface area contributed by atoms with E-state index < -0.39 is 5.97 Å². The molecule has 0 saturated carbocycles. The largest absolute Gasteiger partial charge is 0.482 e. The van der Waals surface area contributed by atoms with Crippen molar-refractivity contribution in [2.45, 2.75) is 6.92 Å². The lowest BCUT2D eigenvalue weighted by atomic mass is 10.1. The van der Waals surface area contributed by atoms with Gasteiger partial charge in [-0.15, -0.1) is 0 Å². The van der Waals surface area contributed by atoms with Gasteiger partial charge in [0.2, 0.25) is 0 Å². The Morgan fingerprint density at radius 3 is 2.71 bits per heavy atom. The minimum absolute atomic E-state index is 0.203. The van der Waals surface area contributed by atoms with Crippen molar-refractivity contribution in [3.8, 4) is 17.0 Å². The van der Waals surface area contributed by atoms with Gasteiger partial charge < -0.3 is 14.8 Å². The second-order valence-electron chi connectivity index (χ2n) is 6.57. The Labute approximate surface area is 178 Å². The number of fused-ring (bicyclic) bond motifs is 1. The molecule has 0 unspecified atom stereocenters. The molecule has 0 radical (unpaired) electrons. The molecule has 0 fully saturated rings. The van der Waals surface area contributed by atoms with Crippen LogP contribution in [0.15, 0.2) is 73.1 Å². The SMILES string of the molecule is CCOC(=O)COc1cccc(NC(=O)c2cnn3c(-c4ccccc4)ccnc23)c1. The monoisotopic (exact) mass is 416 g/mol. The number of ether oxygens (including phenoxy) is 2. The van der Waals surface area contributed by atoms with E-state index in [0.29, 0.717) is 22.6 Å². The molecule has 156 valence electrons. The fraction of sp³-hybridized carbons (Fsp3) is 0.130. The number of carbonyl (C=O) groups excluding carboxylic acids is 2. The molecule has 31 heavy (non-hydrogen) atoms. The zero-order chi connectivity index (χ0) is 21.6. The number of benzene rings is 2. The van der Waals surface area contributed by atoms with Gasteiger partial charge in [-0.25, -0.2) is 14.3 Å². The lowest BCUT2D eigenvalue weighted by molar-refractivity contribution is -0.145. The van der Waals surface area contributed by atoms with Gasteiger partial charge >= 0.3 is 5.97 Å². The Bertz CT molecular complexity index is 1220. The summed E-state index contributed by atoms with van der Waals surface area (Å²) in [6.45, 7) is 1.82. The number of nitrogens with one attached hydrogen (secondary N) is 1. The summed E-state index contributed by atoms with van der Waals surface area (Å²) < 4.78 is 11.9. The van der Waals surface area contributed by atoms with E-state index >= 15 is 0 Å². The van der Waals surface area contributed by atoms with Gasteiger partial charge in [0, 0.05) is 23.5 Å². The number of anilines is 1. The minimum atomic E-state index is -0.455. The Hall–Kier alpha value is -4.20. The lowest BCUT2D eigenvalue weighted by Gasteiger charge is -2.09. The maximum atomic E-state index is 12.9. The molecule has 1 N–H and O–H groups in total. The average Bonchev–Trinajstić information content (AvgIpc) is 3.23. The first-order valence-electron chi connectivity index (χ1n) is 9.73. The van der Waals surface area contributed by atoms with Crippen LogP contribution < -0.4 is 10.1 Å². The summed E-state index contributed by atoms with van der Waals surface area (Å²) in [6.07, 6.45) is 3.14. The maximum absolute atomic E-state index is 12.9. The summed E-state index contributed by atoms with van der Waals surface area (Å²) in [5, 5.41) is 7.18. The van der Waals surface area contributed by atoms with Crippen molar-refractivity contribution in [2.24, 2.45) is 0 Å². The lowest BCUT2D eigenvalue weighted by Crippen LogP contribution is -2.15. The van der Waals surface area contributed by atoms with Crippen LogP contribution in [0.2, 0.25) is 0 Å². The van der Waals surface area contributed by atoms with E-state index in [1.165, 1.54) is 6.20 Å². The van der Waals surface area contributed by atoms with Crippen LogP contribution in [0.4, 0.5) is 5.69 Å². The highest BCUT2D eigenvalue weighted by molar-refractivity contribution is 6.08. The molecule has 2 heterocycles. The van der Waals surface area contributed by atoms with Crippen LogP contribution in [-0.4, -0.2) is 39.7 Å². The molecule has 0 bridgehead atoms.